The third kappa shape index (κ3) is 4.74. The maximum Gasteiger partial charge on any atom is 0.263 e. The van der Waals surface area contributed by atoms with Gasteiger partial charge in [0.2, 0.25) is 0 Å². The summed E-state index contributed by atoms with van der Waals surface area (Å²) in [6.07, 6.45) is 0. The zero-order valence-corrected chi connectivity index (χ0v) is 24.6. The Hall–Kier alpha value is -5.26. The Labute approximate surface area is 255 Å². The van der Waals surface area contributed by atoms with Gasteiger partial charge in [-0.05, 0) is 71.4 Å². The van der Waals surface area contributed by atoms with E-state index in [4.69, 9.17) is 0 Å². The molecule has 4 nitrogen and oxygen atoms in total. The highest BCUT2D eigenvalue weighted by molar-refractivity contribution is 9.10. The first kappa shape index (κ1) is 26.6. The van der Waals surface area contributed by atoms with Gasteiger partial charge in [0, 0.05) is 37.4 Å². The van der Waals surface area contributed by atoms with Crippen LogP contribution in [0.3, 0.4) is 0 Å². The molecule has 0 unspecified atom stereocenters. The molecule has 2 aromatic heterocycles. The van der Waals surface area contributed by atoms with E-state index in [1.54, 1.807) is 9.13 Å². The van der Waals surface area contributed by atoms with E-state index >= 15 is 0 Å². The molecule has 0 spiro atoms. The van der Waals surface area contributed by atoms with Crippen LogP contribution in [-0.2, 0) is 0 Å². The van der Waals surface area contributed by atoms with Crippen LogP contribution in [0.15, 0.2) is 166 Å². The summed E-state index contributed by atoms with van der Waals surface area (Å²) in [7, 11) is 0. The average molecular weight is 622 g/mol. The molecule has 0 amide bonds. The van der Waals surface area contributed by atoms with E-state index in [9.17, 15) is 9.59 Å². The summed E-state index contributed by atoms with van der Waals surface area (Å²) in [4.78, 5) is 25.9. The quantitative estimate of drug-likeness (QED) is 0.181. The van der Waals surface area contributed by atoms with Gasteiger partial charge in [-0.2, -0.15) is 0 Å². The molecule has 0 radical (unpaired) electrons. The molecule has 0 aliphatic heterocycles. The first-order chi connectivity index (χ1) is 21.1. The van der Waals surface area contributed by atoms with Gasteiger partial charge >= 0.3 is 0 Å². The van der Waals surface area contributed by atoms with Gasteiger partial charge in [-0.25, -0.2) is 0 Å². The third-order valence-electron chi connectivity index (χ3n) is 7.69. The van der Waals surface area contributed by atoms with Crippen molar-refractivity contribution in [1.82, 2.24) is 9.13 Å². The molecule has 0 bridgehead atoms. The van der Waals surface area contributed by atoms with Crippen molar-refractivity contribution in [3.63, 3.8) is 0 Å². The zero-order chi connectivity index (χ0) is 29.3. The summed E-state index contributed by atoms with van der Waals surface area (Å²) < 4.78 is 4.57. The van der Waals surface area contributed by atoms with Gasteiger partial charge in [-0.15, -0.1) is 0 Å². The molecule has 8 rings (SSSR count). The van der Waals surface area contributed by atoms with E-state index in [0.29, 0.717) is 0 Å². The normalized spacial score (nSPS) is 11.1. The van der Waals surface area contributed by atoms with Gasteiger partial charge in [0.15, 0.2) is 0 Å². The van der Waals surface area contributed by atoms with E-state index in [1.807, 2.05) is 140 Å². The average Bonchev–Trinajstić information content (AvgIpc) is 3.07. The predicted octanol–water partition coefficient (Wildman–Crippen LogP) is 9.05. The molecular formula is C38H25BrN2O2. The fraction of sp³-hybridized carbons (Fsp3) is 0. The monoisotopic (exact) mass is 620 g/mol. The number of hydrogen-bond donors (Lipinski definition) is 0. The summed E-state index contributed by atoms with van der Waals surface area (Å²) in [5.41, 5.74) is 3.66. The highest BCUT2D eigenvalue weighted by Crippen LogP contribution is 2.26. The van der Waals surface area contributed by atoms with Crippen molar-refractivity contribution in [3.05, 3.63) is 177 Å². The molecule has 0 N–H and O–H groups in total. The van der Waals surface area contributed by atoms with Gasteiger partial charge in [0.25, 0.3) is 11.1 Å². The van der Waals surface area contributed by atoms with Crippen LogP contribution in [0.1, 0.15) is 0 Å². The lowest BCUT2D eigenvalue weighted by molar-refractivity contribution is 1.06. The second-order valence-electron chi connectivity index (χ2n) is 10.2. The molecule has 2 heterocycles. The van der Waals surface area contributed by atoms with Crippen LogP contribution in [0, 0.1) is 0 Å². The number of rotatable bonds is 2. The highest BCUT2D eigenvalue weighted by atomic mass is 79.9. The van der Waals surface area contributed by atoms with Crippen molar-refractivity contribution in [2.75, 3.05) is 0 Å². The minimum atomic E-state index is 0.0108. The van der Waals surface area contributed by atoms with Crippen LogP contribution in [-0.4, -0.2) is 9.13 Å². The summed E-state index contributed by atoms with van der Waals surface area (Å²) in [6.45, 7) is 0. The molecule has 5 heteroatoms. The first-order valence-corrected chi connectivity index (χ1v) is 14.8. The number of nitrogens with zero attached hydrogens (tertiary/aromatic N) is 2. The number of aromatic nitrogens is 2. The smallest absolute Gasteiger partial charge is 0.263 e. The SMILES string of the molecule is O=c1c2ccccc2c2ccccc2n1-c1ccc(Br)cc1.O=c1c2ccccc2c2ccccc2n1-c1ccccc1. The fourth-order valence-electron chi connectivity index (χ4n) is 5.74. The second-order valence-corrected chi connectivity index (χ2v) is 11.1. The number of para-hydroxylation sites is 3. The summed E-state index contributed by atoms with van der Waals surface area (Å²) in [5, 5.41) is 5.67. The van der Waals surface area contributed by atoms with Crippen molar-refractivity contribution in [1.29, 1.82) is 0 Å². The number of hydrogen-bond acceptors (Lipinski definition) is 2. The Morgan fingerprint density at radius 3 is 1.16 bits per heavy atom. The minimum absolute atomic E-state index is 0.0108. The Bertz CT molecular complexity index is 2390. The molecule has 206 valence electrons. The van der Waals surface area contributed by atoms with Crippen LogP contribution in [0.5, 0.6) is 0 Å². The molecular weight excluding hydrogens is 596 g/mol. The molecule has 0 atom stereocenters. The molecule has 8 aromatic rings. The predicted molar refractivity (Wildman–Crippen MR) is 182 cm³/mol. The second kappa shape index (κ2) is 11.2. The van der Waals surface area contributed by atoms with E-state index in [-0.39, 0.29) is 11.1 Å². The molecule has 0 fully saturated rings. The Balaban J connectivity index is 0.000000140. The van der Waals surface area contributed by atoms with Gasteiger partial charge in [0.1, 0.15) is 0 Å². The van der Waals surface area contributed by atoms with Crippen LogP contribution in [0.2, 0.25) is 0 Å². The number of halogens is 1. The van der Waals surface area contributed by atoms with Gasteiger partial charge in [-0.1, -0.05) is 107 Å². The maximum absolute atomic E-state index is 13.0. The van der Waals surface area contributed by atoms with E-state index in [1.165, 1.54) is 0 Å². The molecule has 0 saturated carbocycles. The van der Waals surface area contributed by atoms with Gasteiger partial charge < -0.3 is 0 Å². The summed E-state index contributed by atoms with van der Waals surface area (Å²) >= 11 is 3.44. The molecule has 0 saturated heterocycles. The van der Waals surface area contributed by atoms with Crippen LogP contribution < -0.4 is 11.1 Å². The first-order valence-electron chi connectivity index (χ1n) is 14.0. The Morgan fingerprint density at radius 2 is 0.698 bits per heavy atom. The molecule has 0 aliphatic carbocycles. The molecule has 6 aromatic carbocycles. The van der Waals surface area contributed by atoms with Crippen LogP contribution in [0.4, 0.5) is 0 Å². The lowest BCUT2D eigenvalue weighted by Crippen LogP contribution is -2.19. The topological polar surface area (TPSA) is 44.0 Å². The van der Waals surface area contributed by atoms with E-state index in [0.717, 1.165) is 59.2 Å². The van der Waals surface area contributed by atoms with Gasteiger partial charge in [-0.3, -0.25) is 18.7 Å². The zero-order valence-electron chi connectivity index (χ0n) is 23.0. The van der Waals surface area contributed by atoms with Crippen molar-refractivity contribution in [2.24, 2.45) is 0 Å². The largest absolute Gasteiger partial charge is 0.276 e. The van der Waals surface area contributed by atoms with Crippen LogP contribution in [0.25, 0.3) is 54.7 Å². The van der Waals surface area contributed by atoms with Crippen LogP contribution >= 0.6 is 15.9 Å². The number of benzene rings is 6. The van der Waals surface area contributed by atoms with Gasteiger partial charge in [0.05, 0.1) is 11.0 Å². The third-order valence-corrected chi connectivity index (χ3v) is 8.22. The Morgan fingerprint density at radius 1 is 0.349 bits per heavy atom. The standard InChI is InChI=1S/C19H12BrNO.C19H13NO/c20-13-9-11-14(12-10-13)21-18-8-4-3-6-16(18)15-5-1-2-7-17(15)19(21)22;21-19-17-12-5-4-10-15(17)16-11-6-7-13-18(16)20(19)14-8-2-1-3-9-14/h1-12H;1-13H. The number of fused-ring (bicyclic) bond motifs is 6. The lowest BCUT2D eigenvalue weighted by Gasteiger charge is -2.13. The maximum atomic E-state index is 13.0. The lowest BCUT2D eigenvalue weighted by atomic mass is 10.1. The van der Waals surface area contributed by atoms with Crippen molar-refractivity contribution >= 4 is 59.3 Å². The fourth-order valence-corrected chi connectivity index (χ4v) is 6.01. The van der Waals surface area contributed by atoms with E-state index in [2.05, 4.69) is 28.1 Å². The summed E-state index contributed by atoms with van der Waals surface area (Å²) in [5.74, 6) is 0. The Kier molecular flexibility index (Phi) is 6.93. The molecule has 43 heavy (non-hydrogen) atoms. The molecule has 0 aliphatic rings. The van der Waals surface area contributed by atoms with E-state index < -0.39 is 0 Å². The highest BCUT2D eigenvalue weighted by Gasteiger charge is 2.12. The summed E-state index contributed by atoms with van der Waals surface area (Å²) in [6, 6.07) is 49.2. The van der Waals surface area contributed by atoms with Crippen molar-refractivity contribution in [3.8, 4) is 11.4 Å². The van der Waals surface area contributed by atoms with Crippen molar-refractivity contribution < 1.29 is 0 Å². The minimum Gasteiger partial charge on any atom is -0.276 e. The number of pyridine rings is 2. The van der Waals surface area contributed by atoms with Crippen molar-refractivity contribution in [2.45, 2.75) is 0 Å².